The van der Waals surface area contributed by atoms with E-state index in [2.05, 4.69) is 12.0 Å². The minimum atomic E-state index is 0.123. The predicted molar refractivity (Wildman–Crippen MR) is 46.8 cm³/mol. The molecule has 0 bridgehead atoms. The summed E-state index contributed by atoms with van der Waals surface area (Å²) in [6.07, 6.45) is 3.72. The second kappa shape index (κ2) is 4.23. The predicted octanol–water partition coefficient (Wildman–Crippen LogP) is -0.0624. The van der Waals surface area contributed by atoms with E-state index in [1.165, 1.54) is 0 Å². The van der Waals surface area contributed by atoms with Gasteiger partial charge in [0.2, 0.25) is 0 Å². The van der Waals surface area contributed by atoms with Gasteiger partial charge in [-0.3, -0.25) is 4.68 Å². The van der Waals surface area contributed by atoms with Crippen molar-refractivity contribution in [2.24, 2.45) is 5.73 Å². The maximum absolute atomic E-state index is 8.64. The highest BCUT2D eigenvalue weighted by Crippen LogP contribution is 2.11. The molecule has 0 radical (unpaired) electrons. The van der Waals surface area contributed by atoms with E-state index in [-0.39, 0.29) is 6.61 Å². The van der Waals surface area contributed by atoms with Gasteiger partial charge in [0, 0.05) is 6.20 Å². The van der Waals surface area contributed by atoms with Crippen molar-refractivity contribution in [2.75, 3.05) is 13.2 Å². The molecular weight excluding hydrogens is 154 g/mol. The molecule has 0 aliphatic heterocycles. The van der Waals surface area contributed by atoms with Crippen LogP contribution in [0.5, 0.6) is 0 Å². The molecule has 1 unspecified atom stereocenters. The Balaban J connectivity index is 2.63. The monoisotopic (exact) mass is 169 g/mol. The van der Waals surface area contributed by atoms with E-state index in [4.69, 9.17) is 10.8 Å². The minimum Gasteiger partial charge on any atom is -0.394 e. The molecule has 4 heteroatoms. The first-order valence-electron chi connectivity index (χ1n) is 4.11. The van der Waals surface area contributed by atoms with Gasteiger partial charge in [-0.05, 0) is 18.0 Å². The van der Waals surface area contributed by atoms with Gasteiger partial charge >= 0.3 is 0 Å². The van der Waals surface area contributed by atoms with Gasteiger partial charge in [0.1, 0.15) is 0 Å². The second-order valence-electron chi connectivity index (χ2n) is 2.90. The van der Waals surface area contributed by atoms with Gasteiger partial charge in [0.05, 0.1) is 19.3 Å². The molecule has 1 rings (SSSR count). The lowest BCUT2D eigenvalue weighted by atomic mass is 10.1. The first-order chi connectivity index (χ1) is 5.77. The number of aliphatic hydroxyl groups excluding tert-OH is 1. The number of hydrogen-bond donors (Lipinski definition) is 2. The van der Waals surface area contributed by atoms with E-state index in [9.17, 15) is 0 Å². The standard InChI is InChI=1S/C8H15N3O/c1-7(4-9)8-5-10-11(6-8)2-3-12/h5-7,12H,2-4,9H2,1H3. The van der Waals surface area contributed by atoms with Gasteiger partial charge in [-0.2, -0.15) is 5.10 Å². The van der Waals surface area contributed by atoms with Crippen LogP contribution < -0.4 is 5.73 Å². The van der Waals surface area contributed by atoms with Gasteiger partial charge in [-0.25, -0.2) is 0 Å². The van der Waals surface area contributed by atoms with Crippen molar-refractivity contribution < 1.29 is 5.11 Å². The van der Waals surface area contributed by atoms with Gasteiger partial charge in [-0.1, -0.05) is 6.92 Å². The Labute approximate surface area is 72.0 Å². The number of rotatable bonds is 4. The third-order valence-corrected chi connectivity index (χ3v) is 1.90. The Hall–Kier alpha value is -0.870. The van der Waals surface area contributed by atoms with Crippen molar-refractivity contribution in [3.05, 3.63) is 18.0 Å². The molecule has 0 fully saturated rings. The van der Waals surface area contributed by atoms with E-state index in [0.29, 0.717) is 19.0 Å². The third kappa shape index (κ3) is 2.06. The van der Waals surface area contributed by atoms with Gasteiger partial charge in [0.15, 0.2) is 0 Å². The van der Waals surface area contributed by atoms with Crippen LogP contribution in [0.1, 0.15) is 18.4 Å². The Bertz CT molecular complexity index is 234. The molecule has 0 aromatic carbocycles. The number of aliphatic hydroxyl groups is 1. The molecule has 12 heavy (non-hydrogen) atoms. The van der Waals surface area contributed by atoms with Crippen LogP contribution in [-0.4, -0.2) is 28.0 Å². The molecule has 0 aliphatic rings. The Kier molecular flexibility index (Phi) is 3.25. The fourth-order valence-electron chi connectivity index (χ4n) is 0.995. The van der Waals surface area contributed by atoms with Gasteiger partial charge in [-0.15, -0.1) is 0 Å². The van der Waals surface area contributed by atoms with Crippen LogP contribution in [0.3, 0.4) is 0 Å². The highest BCUT2D eigenvalue weighted by Gasteiger charge is 2.04. The summed E-state index contributed by atoms with van der Waals surface area (Å²) in [5, 5.41) is 12.7. The molecule has 0 amide bonds. The zero-order valence-electron chi connectivity index (χ0n) is 7.27. The number of nitrogens with zero attached hydrogens (tertiary/aromatic N) is 2. The summed E-state index contributed by atoms with van der Waals surface area (Å²) in [6.45, 7) is 3.36. The van der Waals surface area contributed by atoms with Crippen molar-refractivity contribution in [3.63, 3.8) is 0 Å². The molecule has 68 valence electrons. The lowest BCUT2D eigenvalue weighted by molar-refractivity contribution is 0.269. The first-order valence-corrected chi connectivity index (χ1v) is 4.11. The molecule has 0 saturated heterocycles. The van der Waals surface area contributed by atoms with Gasteiger partial charge < -0.3 is 10.8 Å². The normalized spacial score (nSPS) is 13.2. The van der Waals surface area contributed by atoms with Crippen molar-refractivity contribution in [3.8, 4) is 0 Å². The summed E-state index contributed by atoms with van der Waals surface area (Å²) in [7, 11) is 0. The van der Waals surface area contributed by atoms with E-state index >= 15 is 0 Å². The van der Waals surface area contributed by atoms with Crippen LogP contribution in [0.15, 0.2) is 12.4 Å². The second-order valence-corrected chi connectivity index (χ2v) is 2.90. The Morgan fingerprint density at radius 2 is 2.50 bits per heavy atom. The molecular formula is C8H15N3O. The summed E-state index contributed by atoms with van der Waals surface area (Å²) in [5.74, 6) is 0.345. The lowest BCUT2D eigenvalue weighted by Gasteiger charge is -2.02. The maximum Gasteiger partial charge on any atom is 0.0640 e. The lowest BCUT2D eigenvalue weighted by Crippen LogP contribution is -2.08. The zero-order chi connectivity index (χ0) is 8.97. The summed E-state index contributed by atoms with van der Waals surface area (Å²) in [4.78, 5) is 0. The maximum atomic E-state index is 8.64. The van der Waals surface area contributed by atoms with Crippen LogP contribution in [0.4, 0.5) is 0 Å². The fraction of sp³-hybridized carbons (Fsp3) is 0.625. The van der Waals surface area contributed by atoms with E-state index in [0.717, 1.165) is 5.56 Å². The molecule has 1 aromatic heterocycles. The van der Waals surface area contributed by atoms with E-state index < -0.39 is 0 Å². The van der Waals surface area contributed by atoms with E-state index in [1.807, 2.05) is 6.20 Å². The average Bonchev–Trinajstić information content (AvgIpc) is 2.52. The van der Waals surface area contributed by atoms with Crippen molar-refractivity contribution in [2.45, 2.75) is 19.4 Å². The highest BCUT2D eigenvalue weighted by molar-refractivity contribution is 5.10. The summed E-state index contributed by atoms with van der Waals surface area (Å²) in [5.41, 5.74) is 6.63. The molecule has 1 heterocycles. The summed E-state index contributed by atoms with van der Waals surface area (Å²) >= 11 is 0. The smallest absolute Gasteiger partial charge is 0.0640 e. The number of hydrogen-bond acceptors (Lipinski definition) is 3. The molecule has 0 spiro atoms. The highest BCUT2D eigenvalue weighted by atomic mass is 16.3. The molecule has 0 aliphatic carbocycles. The quantitative estimate of drug-likeness (QED) is 0.663. The van der Waals surface area contributed by atoms with E-state index in [1.54, 1.807) is 10.9 Å². The minimum absolute atomic E-state index is 0.123. The topological polar surface area (TPSA) is 64.1 Å². The molecule has 1 aromatic rings. The van der Waals surface area contributed by atoms with Crippen LogP contribution >= 0.6 is 0 Å². The van der Waals surface area contributed by atoms with Crippen LogP contribution in [0.2, 0.25) is 0 Å². The fourth-order valence-corrected chi connectivity index (χ4v) is 0.995. The van der Waals surface area contributed by atoms with Crippen molar-refractivity contribution >= 4 is 0 Å². The third-order valence-electron chi connectivity index (χ3n) is 1.90. The number of aromatic nitrogens is 2. The number of nitrogens with two attached hydrogens (primary N) is 1. The SMILES string of the molecule is CC(CN)c1cnn(CCO)c1. The summed E-state index contributed by atoms with van der Waals surface area (Å²) in [6, 6.07) is 0. The molecule has 4 nitrogen and oxygen atoms in total. The van der Waals surface area contributed by atoms with Gasteiger partial charge in [0.25, 0.3) is 0 Å². The van der Waals surface area contributed by atoms with Crippen LogP contribution in [-0.2, 0) is 6.54 Å². The van der Waals surface area contributed by atoms with Crippen molar-refractivity contribution in [1.82, 2.24) is 9.78 Å². The molecule has 0 saturated carbocycles. The van der Waals surface area contributed by atoms with Crippen LogP contribution in [0, 0.1) is 0 Å². The van der Waals surface area contributed by atoms with Crippen molar-refractivity contribution in [1.29, 1.82) is 0 Å². The largest absolute Gasteiger partial charge is 0.394 e. The van der Waals surface area contributed by atoms with Crippen LogP contribution in [0.25, 0.3) is 0 Å². The molecule has 1 atom stereocenters. The average molecular weight is 169 g/mol. The Morgan fingerprint density at radius 1 is 1.75 bits per heavy atom. The molecule has 3 N–H and O–H groups in total. The summed E-state index contributed by atoms with van der Waals surface area (Å²) < 4.78 is 1.72. The Morgan fingerprint density at radius 3 is 3.08 bits per heavy atom. The first kappa shape index (κ1) is 9.22. The zero-order valence-corrected chi connectivity index (χ0v) is 7.27.